The average molecular weight is 331 g/mol. The van der Waals surface area contributed by atoms with Gasteiger partial charge in [-0.25, -0.2) is 22.2 Å². The van der Waals surface area contributed by atoms with Crippen LogP contribution in [-0.4, -0.2) is 27.5 Å². The molecule has 3 aliphatic rings. The molecule has 1 amide bonds. The van der Waals surface area contributed by atoms with Crippen molar-refractivity contribution in [3.8, 4) is 0 Å². The lowest BCUT2D eigenvalue weighted by molar-refractivity contribution is -0.119. The van der Waals surface area contributed by atoms with Crippen LogP contribution in [-0.2, 0) is 4.79 Å². The molecule has 3 saturated carbocycles. The van der Waals surface area contributed by atoms with Gasteiger partial charge in [0, 0.05) is 30.7 Å². The van der Waals surface area contributed by atoms with Crippen molar-refractivity contribution in [1.82, 2.24) is 9.78 Å². The lowest BCUT2D eigenvalue weighted by Crippen LogP contribution is -2.34. The van der Waals surface area contributed by atoms with Gasteiger partial charge in [-0.15, -0.1) is 0 Å². The van der Waals surface area contributed by atoms with Gasteiger partial charge in [0.2, 0.25) is 11.8 Å². The highest BCUT2D eigenvalue weighted by Crippen LogP contribution is 2.51. The second kappa shape index (κ2) is 4.48. The molecule has 8 heteroatoms. The Morgan fingerprint density at radius 2 is 1.83 bits per heavy atom. The third kappa shape index (κ3) is 2.52. The molecule has 1 aromatic rings. The fourth-order valence-corrected chi connectivity index (χ4v) is 3.21. The average Bonchev–Trinajstić information content (AvgIpc) is 3.31. The maximum absolute atomic E-state index is 13.1. The Bertz CT molecular complexity index is 673. The molecule has 0 aliphatic heterocycles. The van der Waals surface area contributed by atoms with E-state index in [4.69, 9.17) is 0 Å². The van der Waals surface area contributed by atoms with E-state index in [0.717, 1.165) is 12.8 Å². The zero-order valence-corrected chi connectivity index (χ0v) is 12.6. The van der Waals surface area contributed by atoms with Crippen LogP contribution >= 0.6 is 0 Å². The first-order valence-electron chi connectivity index (χ1n) is 7.83. The van der Waals surface area contributed by atoms with Gasteiger partial charge in [0.05, 0.1) is 11.7 Å². The highest BCUT2D eigenvalue weighted by Gasteiger charge is 2.61. The van der Waals surface area contributed by atoms with Gasteiger partial charge in [-0.05, 0) is 19.8 Å². The molecule has 0 aromatic carbocycles. The normalized spacial score (nSPS) is 28.3. The smallest absolute Gasteiger partial charge is 0.260 e. The van der Waals surface area contributed by atoms with Crippen LogP contribution in [0.2, 0.25) is 0 Å². The van der Waals surface area contributed by atoms with Crippen molar-refractivity contribution in [2.75, 3.05) is 5.32 Å². The minimum atomic E-state index is -2.93. The van der Waals surface area contributed by atoms with Crippen LogP contribution in [0.3, 0.4) is 0 Å². The number of anilines is 1. The molecule has 3 aliphatic carbocycles. The van der Waals surface area contributed by atoms with Crippen molar-refractivity contribution in [3.63, 3.8) is 0 Å². The Morgan fingerprint density at radius 1 is 1.22 bits per heavy atom. The summed E-state index contributed by atoms with van der Waals surface area (Å²) in [6, 6.07) is 0.123. The van der Waals surface area contributed by atoms with Crippen LogP contribution in [0.1, 0.15) is 55.3 Å². The molecule has 1 heterocycles. The number of rotatable bonds is 4. The summed E-state index contributed by atoms with van der Waals surface area (Å²) in [5.41, 5.74) is 1.18. The largest absolute Gasteiger partial charge is 0.310 e. The zero-order chi connectivity index (χ0) is 16.6. The van der Waals surface area contributed by atoms with Gasteiger partial charge >= 0.3 is 0 Å². The monoisotopic (exact) mass is 331 g/mol. The van der Waals surface area contributed by atoms with E-state index in [-0.39, 0.29) is 24.8 Å². The van der Waals surface area contributed by atoms with E-state index < -0.39 is 30.1 Å². The summed E-state index contributed by atoms with van der Waals surface area (Å²) >= 11 is 0. The van der Waals surface area contributed by atoms with Crippen molar-refractivity contribution in [2.45, 2.75) is 62.8 Å². The Labute approximate surface area is 130 Å². The molecule has 1 atom stereocenters. The molecule has 4 rings (SSSR count). The van der Waals surface area contributed by atoms with Crippen LogP contribution in [0, 0.1) is 12.8 Å². The molecular weight excluding hydrogens is 314 g/mol. The van der Waals surface area contributed by atoms with E-state index in [0.29, 0.717) is 17.1 Å². The highest BCUT2D eigenvalue weighted by atomic mass is 19.3. The second-order valence-electron chi connectivity index (χ2n) is 7.00. The van der Waals surface area contributed by atoms with E-state index in [1.807, 2.05) is 0 Å². The number of hydrogen-bond acceptors (Lipinski definition) is 2. The van der Waals surface area contributed by atoms with Gasteiger partial charge in [-0.3, -0.25) is 4.79 Å². The predicted octanol–water partition coefficient (Wildman–Crippen LogP) is 3.63. The summed E-state index contributed by atoms with van der Waals surface area (Å²) in [6.07, 6.45) is 0.859. The van der Waals surface area contributed by atoms with Gasteiger partial charge < -0.3 is 5.32 Å². The predicted molar refractivity (Wildman–Crippen MR) is 73.8 cm³/mol. The Morgan fingerprint density at radius 3 is 2.30 bits per heavy atom. The molecule has 0 radical (unpaired) electrons. The van der Waals surface area contributed by atoms with Crippen molar-refractivity contribution in [3.05, 3.63) is 11.3 Å². The van der Waals surface area contributed by atoms with Gasteiger partial charge in [0.15, 0.2) is 0 Å². The molecule has 0 saturated heterocycles. The SMILES string of the molecule is Cc1c(C2CC(F)(F)C2)nn(C2CC2)c1NC(=O)[C@H]1CC1(F)F. The Balaban J connectivity index is 1.58. The van der Waals surface area contributed by atoms with Crippen LogP contribution in [0.25, 0.3) is 0 Å². The standard InChI is InChI=1S/C15H17F4N3O/c1-7-11(8-4-14(16,17)5-8)21-22(9-2-3-9)12(7)20-13(23)10-6-15(10,18)19/h8-10H,2-6H2,1H3,(H,20,23)/t10-/m1/s1. The lowest BCUT2D eigenvalue weighted by Gasteiger charge is -2.34. The number of nitrogens with zero attached hydrogens (tertiary/aromatic N) is 2. The van der Waals surface area contributed by atoms with Crippen LogP contribution < -0.4 is 5.32 Å². The van der Waals surface area contributed by atoms with E-state index in [2.05, 4.69) is 10.4 Å². The van der Waals surface area contributed by atoms with Crippen molar-refractivity contribution >= 4 is 11.7 Å². The van der Waals surface area contributed by atoms with Crippen molar-refractivity contribution in [2.24, 2.45) is 5.92 Å². The van der Waals surface area contributed by atoms with Gasteiger partial charge in [0.25, 0.3) is 5.92 Å². The quantitative estimate of drug-likeness (QED) is 0.857. The first kappa shape index (κ1) is 15.0. The second-order valence-corrected chi connectivity index (χ2v) is 7.00. The Hall–Kier alpha value is -1.60. The van der Waals surface area contributed by atoms with E-state index in [1.165, 1.54) is 0 Å². The summed E-state index contributed by atoms with van der Waals surface area (Å²) in [7, 11) is 0. The molecule has 1 N–H and O–H groups in total. The fraction of sp³-hybridized carbons (Fsp3) is 0.733. The summed E-state index contributed by atoms with van der Waals surface area (Å²) in [5.74, 6) is -7.53. The number of hydrogen-bond donors (Lipinski definition) is 1. The molecule has 23 heavy (non-hydrogen) atoms. The minimum absolute atomic E-state index is 0.123. The molecule has 126 valence electrons. The maximum Gasteiger partial charge on any atom is 0.260 e. The van der Waals surface area contributed by atoms with E-state index in [9.17, 15) is 22.4 Å². The Kier molecular flexibility index (Phi) is 2.91. The van der Waals surface area contributed by atoms with Gasteiger partial charge in [-0.1, -0.05) is 0 Å². The van der Waals surface area contributed by atoms with Crippen LogP contribution in [0.4, 0.5) is 23.4 Å². The number of nitrogens with one attached hydrogen (secondary N) is 1. The summed E-state index contributed by atoms with van der Waals surface area (Å²) in [6.45, 7) is 1.71. The summed E-state index contributed by atoms with van der Waals surface area (Å²) in [5, 5.41) is 6.97. The van der Waals surface area contributed by atoms with Gasteiger partial charge in [-0.2, -0.15) is 5.10 Å². The number of carbonyl (C=O) groups excluding carboxylic acids is 1. The van der Waals surface area contributed by atoms with Crippen LogP contribution in [0.5, 0.6) is 0 Å². The number of carbonyl (C=O) groups is 1. The maximum atomic E-state index is 13.1. The topological polar surface area (TPSA) is 46.9 Å². The first-order valence-corrected chi connectivity index (χ1v) is 7.83. The van der Waals surface area contributed by atoms with E-state index >= 15 is 0 Å². The number of aromatic nitrogens is 2. The molecule has 0 unspecified atom stereocenters. The zero-order valence-electron chi connectivity index (χ0n) is 12.6. The minimum Gasteiger partial charge on any atom is -0.310 e. The summed E-state index contributed by atoms with van der Waals surface area (Å²) < 4.78 is 53.9. The third-order valence-corrected chi connectivity index (χ3v) is 4.94. The van der Waals surface area contributed by atoms with Crippen LogP contribution in [0.15, 0.2) is 0 Å². The molecule has 0 bridgehead atoms. The summed E-state index contributed by atoms with van der Waals surface area (Å²) in [4.78, 5) is 12.0. The third-order valence-electron chi connectivity index (χ3n) is 4.94. The molecule has 0 spiro atoms. The van der Waals surface area contributed by atoms with Crippen molar-refractivity contribution in [1.29, 1.82) is 0 Å². The lowest BCUT2D eigenvalue weighted by atomic mass is 9.78. The number of alkyl halides is 4. The molecule has 4 nitrogen and oxygen atoms in total. The van der Waals surface area contributed by atoms with Gasteiger partial charge in [0.1, 0.15) is 11.7 Å². The molecular formula is C15H17F4N3O. The van der Waals surface area contributed by atoms with E-state index in [1.54, 1.807) is 11.6 Å². The fourth-order valence-electron chi connectivity index (χ4n) is 3.21. The van der Waals surface area contributed by atoms with Crippen molar-refractivity contribution < 1.29 is 22.4 Å². The number of halogens is 4. The first-order chi connectivity index (χ1) is 10.7. The molecule has 1 aromatic heterocycles. The number of amides is 1. The highest BCUT2D eigenvalue weighted by molar-refractivity contribution is 5.95. The molecule has 3 fully saturated rings.